The molecule has 1 aromatic rings. The van der Waals surface area contributed by atoms with Crippen LogP contribution in [-0.4, -0.2) is 32.3 Å². The number of hydrogen-bond donors (Lipinski definition) is 0. The Bertz CT molecular complexity index is 509. The SMILES string of the molecule is CCCOC(=O)C(=CCc1ccc(OC)cc1)C(=O)OCCC. The first-order valence-corrected chi connectivity index (χ1v) is 7.79. The summed E-state index contributed by atoms with van der Waals surface area (Å²) in [5.41, 5.74) is 0.901. The van der Waals surface area contributed by atoms with Crippen LogP contribution < -0.4 is 4.74 Å². The Morgan fingerprint density at radius 2 is 1.48 bits per heavy atom. The molecular weight excluding hydrogens is 296 g/mol. The summed E-state index contributed by atoms with van der Waals surface area (Å²) < 4.78 is 15.2. The van der Waals surface area contributed by atoms with E-state index in [9.17, 15) is 9.59 Å². The minimum atomic E-state index is -0.638. The van der Waals surface area contributed by atoms with Gasteiger partial charge < -0.3 is 14.2 Å². The van der Waals surface area contributed by atoms with Gasteiger partial charge in [0.15, 0.2) is 0 Å². The molecule has 5 nitrogen and oxygen atoms in total. The second-order valence-electron chi connectivity index (χ2n) is 4.94. The zero-order valence-electron chi connectivity index (χ0n) is 14.0. The van der Waals surface area contributed by atoms with Crippen LogP contribution in [0.3, 0.4) is 0 Å². The van der Waals surface area contributed by atoms with Gasteiger partial charge in [-0.3, -0.25) is 0 Å². The maximum Gasteiger partial charge on any atom is 0.345 e. The van der Waals surface area contributed by atoms with Crippen molar-refractivity contribution in [2.45, 2.75) is 33.1 Å². The number of carbonyl (C=O) groups is 2. The van der Waals surface area contributed by atoms with Crippen LogP contribution in [0.1, 0.15) is 32.3 Å². The van der Waals surface area contributed by atoms with Gasteiger partial charge in [0.2, 0.25) is 0 Å². The first kappa shape index (κ1) is 18.7. The number of carbonyl (C=O) groups excluding carboxylic acids is 2. The zero-order chi connectivity index (χ0) is 17.1. The molecule has 126 valence electrons. The average Bonchev–Trinajstić information content (AvgIpc) is 2.58. The van der Waals surface area contributed by atoms with Crippen molar-refractivity contribution in [1.82, 2.24) is 0 Å². The number of benzene rings is 1. The van der Waals surface area contributed by atoms with Crippen LogP contribution in [0.5, 0.6) is 5.75 Å². The maximum atomic E-state index is 12.0. The second kappa shape index (κ2) is 10.4. The fraction of sp³-hybridized carbons (Fsp3) is 0.444. The largest absolute Gasteiger partial charge is 0.497 e. The van der Waals surface area contributed by atoms with Crippen molar-refractivity contribution in [3.63, 3.8) is 0 Å². The minimum absolute atomic E-state index is 0.0530. The quantitative estimate of drug-likeness (QED) is 0.303. The van der Waals surface area contributed by atoms with Crippen LogP contribution >= 0.6 is 0 Å². The summed E-state index contributed by atoms with van der Waals surface area (Å²) in [6.45, 7) is 4.34. The molecule has 0 aromatic heterocycles. The van der Waals surface area contributed by atoms with Crippen molar-refractivity contribution >= 4 is 11.9 Å². The molecule has 0 aliphatic heterocycles. The number of allylic oxidation sites excluding steroid dienone is 1. The van der Waals surface area contributed by atoms with Gasteiger partial charge in [-0.05, 0) is 37.0 Å². The van der Waals surface area contributed by atoms with Crippen LogP contribution in [0, 0.1) is 0 Å². The maximum absolute atomic E-state index is 12.0. The predicted molar refractivity (Wildman–Crippen MR) is 87.3 cm³/mol. The summed E-state index contributed by atoms with van der Waals surface area (Å²) in [4.78, 5) is 24.0. The minimum Gasteiger partial charge on any atom is -0.497 e. The van der Waals surface area contributed by atoms with Gasteiger partial charge in [-0.2, -0.15) is 0 Å². The second-order valence-corrected chi connectivity index (χ2v) is 4.94. The monoisotopic (exact) mass is 320 g/mol. The van der Waals surface area contributed by atoms with Gasteiger partial charge in [-0.1, -0.05) is 32.1 Å². The predicted octanol–water partition coefficient (Wildman–Crippen LogP) is 3.07. The molecule has 0 aliphatic carbocycles. The molecule has 1 rings (SSSR count). The van der Waals surface area contributed by atoms with Gasteiger partial charge >= 0.3 is 11.9 Å². The highest BCUT2D eigenvalue weighted by atomic mass is 16.6. The zero-order valence-corrected chi connectivity index (χ0v) is 14.0. The highest BCUT2D eigenvalue weighted by molar-refractivity contribution is 6.14. The third-order valence-electron chi connectivity index (χ3n) is 3.02. The van der Waals surface area contributed by atoms with Gasteiger partial charge in [-0.15, -0.1) is 0 Å². The van der Waals surface area contributed by atoms with E-state index in [4.69, 9.17) is 14.2 Å². The Labute approximate surface area is 137 Å². The number of esters is 2. The lowest BCUT2D eigenvalue weighted by Gasteiger charge is -2.08. The van der Waals surface area contributed by atoms with Crippen LogP contribution in [0.15, 0.2) is 35.9 Å². The smallest absolute Gasteiger partial charge is 0.345 e. The van der Waals surface area contributed by atoms with E-state index in [1.54, 1.807) is 13.2 Å². The van der Waals surface area contributed by atoms with E-state index in [-0.39, 0.29) is 18.8 Å². The number of hydrogen-bond acceptors (Lipinski definition) is 5. The van der Waals surface area contributed by atoms with E-state index in [0.717, 1.165) is 11.3 Å². The summed E-state index contributed by atoms with van der Waals surface area (Å²) >= 11 is 0. The van der Waals surface area contributed by atoms with Crippen LogP contribution in [-0.2, 0) is 25.5 Å². The Morgan fingerprint density at radius 1 is 0.957 bits per heavy atom. The van der Waals surface area contributed by atoms with Crippen LogP contribution in [0.2, 0.25) is 0 Å². The lowest BCUT2D eigenvalue weighted by Crippen LogP contribution is -2.19. The number of ether oxygens (including phenoxy) is 3. The molecule has 0 fully saturated rings. The summed E-state index contributed by atoms with van der Waals surface area (Å²) in [6.07, 6.45) is 3.38. The van der Waals surface area contributed by atoms with E-state index in [1.165, 1.54) is 0 Å². The van der Waals surface area contributed by atoms with E-state index in [1.807, 2.05) is 38.1 Å². The molecule has 0 amide bonds. The molecule has 0 heterocycles. The Kier molecular flexibility index (Phi) is 8.50. The molecule has 5 heteroatoms. The summed E-state index contributed by atoms with van der Waals surface area (Å²) in [6, 6.07) is 7.41. The standard InChI is InChI=1S/C18H24O5/c1-4-12-22-17(19)16(18(20)23-13-5-2)11-8-14-6-9-15(21-3)10-7-14/h6-7,9-11H,4-5,8,12-13H2,1-3H3. The van der Waals surface area contributed by atoms with E-state index in [2.05, 4.69) is 0 Å². The summed E-state index contributed by atoms with van der Waals surface area (Å²) in [7, 11) is 1.60. The molecule has 0 bridgehead atoms. The third-order valence-corrected chi connectivity index (χ3v) is 3.02. The molecule has 0 unspecified atom stereocenters. The van der Waals surface area contributed by atoms with E-state index in [0.29, 0.717) is 19.3 Å². The van der Waals surface area contributed by atoms with Crippen molar-refractivity contribution in [3.05, 3.63) is 41.5 Å². The van der Waals surface area contributed by atoms with Crippen LogP contribution in [0.4, 0.5) is 0 Å². The van der Waals surface area contributed by atoms with Crippen molar-refractivity contribution in [1.29, 1.82) is 0 Å². The fourth-order valence-electron chi connectivity index (χ4n) is 1.78. The van der Waals surface area contributed by atoms with Gasteiger partial charge in [0.05, 0.1) is 20.3 Å². The molecule has 0 atom stereocenters. The number of rotatable bonds is 9. The number of methoxy groups -OCH3 is 1. The molecule has 0 spiro atoms. The summed E-state index contributed by atoms with van der Waals surface area (Å²) in [5, 5.41) is 0. The molecule has 0 saturated heterocycles. The van der Waals surface area contributed by atoms with Crippen molar-refractivity contribution in [3.8, 4) is 5.75 Å². The first-order chi connectivity index (χ1) is 11.1. The van der Waals surface area contributed by atoms with Crippen LogP contribution in [0.25, 0.3) is 0 Å². The van der Waals surface area contributed by atoms with Crippen molar-refractivity contribution < 1.29 is 23.8 Å². The molecule has 0 aliphatic rings. The Hall–Kier alpha value is -2.30. The van der Waals surface area contributed by atoms with E-state index < -0.39 is 11.9 Å². The average molecular weight is 320 g/mol. The molecule has 0 N–H and O–H groups in total. The third kappa shape index (κ3) is 6.55. The molecule has 1 aromatic carbocycles. The first-order valence-electron chi connectivity index (χ1n) is 7.79. The van der Waals surface area contributed by atoms with Gasteiger partial charge in [-0.25, -0.2) is 9.59 Å². The lowest BCUT2D eigenvalue weighted by molar-refractivity contribution is -0.147. The lowest BCUT2D eigenvalue weighted by atomic mass is 10.1. The molecule has 0 radical (unpaired) electrons. The van der Waals surface area contributed by atoms with E-state index >= 15 is 0 Å². The molecular formula is C18H24O5. The highest BCUT2D eigenvalue weighted by Gasteiger charge is 2.20. The van der Waals surface area contributed by atoms with Gasteiger partial charge in [0.25, 0.3) is 0 Å². The topological polar surface area (TPSA) is 61.8 Å². The molecule has 23 heavy (non-hydrogen) atoms. The molecule has 0 saturated carbocycles. The Morgan fingerprint density at radius 3 is 1.91 bits per heavy atom. The normalized spacial score (nSPS) is 9.87. The van der Waals surface area contributed by atoms with Crippen molar-refractivity contribution in [2.75, 3.05) is 20.3 Å². The van der Waals surface area contributed by atoms with Crippen molar-refractivity contribution in [2.24, 2.45) is 0 Å². The highest BCUT2D eigenvalue weighted by Crippen LogP contribution is 2.13. The van der Waals surface area contributed by atoms with Gasteiger partial charge in [0, 0.05) is 0 Å². The Balaban J connectivity index is 2.83. The fourth-order valence-corrected chi connectivity index (χ4v) is 1.78. The van der Waals surface area contributed by atoms with Gasteiger partial charge in [0.1, 0.15) is 11.3 Å². The summed E-state index contributed by atoms with van der Waals surface area (Å²) in [5.74, 6) is -0.523.